The third kappa shape index (κ3) is 1.80. The third-order valence-electron chi connectivity index (χ3n) is 2.33. The van der Waals surface area contributed by atoms with Gasteiger partial charge in [-0.1, -0.05) is 5.10 Å². The molecule has 2 N–H and O–H groups in total. The second-order valence-electron chi connectivity index (χ2n) is 3.43. The Labute approximate surface area is 76.9 Å². The smallest absolute Gasteiger partial charge is 0.318 e. The molecule has 1 aliphatic heterocycles. The highest BCUT2D eigenvalue weighted by Gasteiger charge is 2.19. The second-order valence-corrected chi connectivity index (χ2v) is 3.43. The Morgan fingerprint density at radius 2 is 2.08 bits per heavy atom. The van der Waals surface area contributed by atoms with Crippen molar-refractivity contribution in [2.24, 2.45) is 5.73 Å². The summed E-state index contributed by atoms with van der Waals surface area (Å²) in [5.74, 6) is 0.616. The van der Waals surface area contributed by atoms with Crippen LogP contribution in [0.25, 0.3) is 0 Å². The number of aryl methyl sites for hydroxylation is 1. The van der Waals surface area contributed by atoms with Crippen molar-refractivity contribution in [2.45, 2.75) is 25.8 Å². The van der Waals surface area contributed by atoms with Crippen molar-refractivity contribution in [3.05, 3.63) is 5.89 Å². The monoisotopic (exact) mass is 182 g/mol. The van der Waals surface area contributed by atoms with E-state index >= 15 is 0 Å². The standard InChI is InChI=1S/C8H14N4O/c1-6-10-11-8(13-6)12-4-2-7(9)3-5-12/h7H,2-5,9H2,1H3. The number of aromatic nitrogens is 2. The molecule has 0 aliphatic carbocycles. The van der Waals surface area contributed by atoms with E-state index in [0.717, 1.165) is 25.9 Å². The van der Waals surface area contributed by atoms with E-state index in [1.165, 1.54) is 0 Å². The van der Waals surface area contributed by atoms with Crippen LogP contribution in [0, 0.1) is 6.92 Å². The van der Waals surface area contributed by atoms with Crippen LogP contribution in [0.5, 0.6) is 0 Å². The number of nitrogens with zero attached hydrogens (tertiary/aromatic N) is 3. The first-order chi connectivity index (χ1) is 6.25. The van der Waals surface area contributed by atoms with E-state index in [1.807, 2.05) is 0 Å². The summed E-state index contributed by atoms with van der Waals surface area (Å²) in [6, 6.07) is 0.963. The molecule has 0 aromatic carbocycles. The minimum Gasteiger partial charge on any atom is -0.408 e. The van der Waals surface area contributed by atoms with Gasteiger partial charge in [0.2, 0.25) is 5.89 Å². The number of anilines is 1. The Bertz CT molecular complexity index is 277. The van der Waals surface area contributed by atoms with Gasteiger partial charge in [0.15, 0.2) is 0 Å². The lowest BCUT2D eigenvalue weighted by atomic mass is 10.1. The highest BCUT2D eigenvalue weighted by atomic mass is 16.4. The molecule has 5 nitrogen and oxygen atoms in total. The molecule has 0 spiro atoms. The highest BCUT2D eigenvalue weighted by molar-refractivity contribution is 5.24. The molecule has 0 bridgehead atoms. The maximum atomic E-state index is 5.79. The van der Waals surface area contributed by atoms with Crippen molar-refractivity contribution >= 4 is 6.01 Å². The van der Waals surface area contributed by atoms with Crippen molar-refractivity contribution < 1.29 is 4.42 Å². The predicted molar refractivity (Wildman–Crippen MR) is 48.5 cm³/mol. The van der Waals surface area contributed by atoms with Crippen molar-refractivity contribution in [1.82, 2.24) is 10.2 Å². The van der Waals surface area contributed by atoms with Gasteiger partial charge < -0.3 is 15.1 Å². The first-order valence-electron chi connectivity index (χ1n) is 4.56. The average Bonchev–Trinajstić information content (AvgIpc) is 2.53. The van der Waals surface area contributed by atoms with E-state index in [1.54, 1.807) is 6.92 Å². The Kier molecular flexibility index (Phi) is 2.18. The fraction of sp³-hybridized carbons (Fsp3) is 0.750. The van der Waals surface area contributed by atoms with E-state index < -0.39 is 0 Å². The van der Waals surface area contributed by atoms with Crippen LogP contribution in [0.1, 0.15) is 18.7 Å². The average molecular weight is 182 g/mol. The molecule has 1 aromatic rings. The fourth-order valence-corrected chi connectivity index (χ4v) is 1.50. The SMILES string of the molecule is Cc1nnc(N2CCC(N)CC2)o1. The molecule has 13 heavy (non-hydrogen) atoms. The summed E-state index contributed by atoms with van der Waals surface area (Å²) in [6.45, 7) is 3.64. The molecule has 1 saturated heterocycles. The van der Waals surface area contributed by atoms with E-state index in [2.05, 4.69) is 15.1 Å². The molecule has 0 radical (unpaired) electrons. The first kappa shape index (κ1) is 8.50. The van der Waals surface area contributed by atoms with E-state index in [9.17, 15) is 0 Å². The molecule has 1 aliphatic rings. The van der Waals surface area contributed by atoms with Crippen molar-refractivity contribution in [3.63, 3.8) is 0 Å². The molecular weight excluding hydrogens is 168 g/mol. The van der Waals surface area contributed by atoms with Gasteiger partial charge in [-0.25, -0.2) is 0 Å². The summed E-state index contributed by atoms with van der Waals surface area (Å²) >= 11 is 0. The molecule has 5 heteroatoms. The van der Waals surface area contributed by atoms with Crippen LogP contribution in [-0.2, 0) is 0 Å². The van der Waals surface area contributed by atoms with E-state index in [0.29, 0.717) is 17.9 Å². The number of nitrogens with two attached hydrogens (primary N) is 1. The summed E-state index contributed by atoms with van der Waals surface area (Å²) in [6.07, 6.45) is 2.00. The quantitative estimate of drug-likeness (QED) is 0.676. The van der Waals surface area contributed by atoms with Gasteiger partial charge in [0.05, 0.1) is 0 Å². The van der Waals surface area contributed by atoms with Crippen molar-refractivity contribution in [2.75, 3.05) is 18.0 Å². The molecule has 0 atom stereocenters. The molecule has 2 rings (SSSR count). The topological polar surface area (TPSA) is 68.2 Å². The summed E-state index contributed by atoms with van der Waals surface area (Å²) in [4.78, 5) is 2.09. The second kappa shape index (κ2) is 3.33. The van der Waals surface area contributed by atoms with Crippen LogP contribution >= 0.6 is 0 Å². The molecule has 1 fully saturated rings. The largest absolute Gasteiger partial charge is 0.408 e. The number of piperidine rings is 1. The fourth-order valence-electron chi connectivity index (χ4n) is 1.50. The zero-order chi connectivity index (χ0) is 9.26. The molecule has 0 amide bonds. The highest BCUT2D eigenvalue weighted by Crippen LogP contribution is 2.17. The normalized spacial score (nSPS) is 19.4. The lowest BCUT2D eigenvalue weighted by Gasteiger charge is -2.28. The van der Waals surface area contributed by atoms with Crippen LogP contribution in [0.3, 0.4) is 0 Å². The zero-order valence-corrected chi connectivity index (χ0v) is 7.73. The lowest BCUT2D eigenvalue weighted by Crippen LogP contribution is -2.39. The Morgan fingerprint density at radius 1 is 1.38 bits per heavy atom. The van der Waals surface area contributed by atoms with Crippen molar-refractivity contribution in [1.29, 1.82) is 0 Å². The lowest BCUT2D eigenvalue weighted by molar-refractivity contribution is 0.448. The van der Waals surface area contributed by atoms with Gasteiger partial charge in [0, 0.05) is 26.1 Å². The van der Waals surface area contributed by atoms with Crippen LogP contribution in [0.15, 0.2) is 4.42 Å². The van der Waals surface area contributed by atoms with Crippen molar-refractivity contribution in [3.8, 4) is 0 Å². The van der Waals surface area contributed by atoms with Gasteiger partial charge in [-0.05, 0) is 12.8 Å². The zero-order valence-electron chi connectivity index (χ0n) is 7.73. The number of hydrogen-bond donors (Lipinski definition) is 1. The van der Waals surface area contributed by atoms with Gasteiger partial charge in [-0.3, -0.25) is 0 Å². The van der Waals surface area contributed by atoms with Crippen LogP contribution in [0.2, 0.25) is 0 Å². The van der Waals surface area contributed by atoms with Crippen LogP contribution < -0.4 is 10.6 Å². The first-order valence-corrected chi connectivity index (χ1v) is 4.56. The molecule has 0 unspecified atom stereocenters. The Hall–Kier alpha value is -1.10. The van der Waals surface area contributed by atoms with Gasteiger partial charge in [-0.15, -0.1) is 5.10 Å². The van der Waals surface area contributed by atoms with Gasteiger partial charge in [-0.2, -0.15) is 0 Å². The minimum absolute atomic E-state index is 0.334. The van der Waals surface area contributed by atoms with Gasteiger partial charge >= 0.3 is 6.01 Å². The number of hydrogen-bond acceptors (Lipinski definition) is 5. The predicted octanol–water partition coefficient (Wildman–Crippen LogP) is 0.306. The molecule has 2 heterocycles. The van der Waals surface area contributed by atoms with E-state index in [-0.39, 0.29) is 0 Å². The summed E-state index contributed by atoms with van der Waals surface area (Å²) < 4.78 is 5.32. The molecular formula is C8H14N4O. The molecule has 0 saturated carbocycles. The molecule has 1 aromatic heterocycles. The minimum atomic E-state index is 0.334. The van der Waals surface area contributed by atoms with Gasteiger partial charge in [0.1, 0.15) is 0 Å². The summed E-state index contributed by atoms with van der Waals surface area (Å²) in [5, 5.41) is 7.75. The maximum absolute atomic E-state index is 5.79. The number of rotatable bonds is 1. The summed E-state index contributed by atoms with van der Waals surface area (Å²) in [7, 11) is 0. The Balaban J connectivity index is 2.02. The summed E-state index contributed by atoms with van der Waals surface area (Å²) in [5.41, 5.74) is 5.79. The van der Waals surface area contributed by atoms with Gasteiger partial charge in [0.25, 0.3) is 0 Å². The van der Waals surface area contributed by atoms with Crippen LogP contribution in [-0.4, -0.2) is 29.3 Å². The van der Waals surface area contributed by atoms with Crippen LogP contribution in [0.4, 0.5) is 6.01 Å². The third-order valence-corrected chi connectivity index (χ3v) is 2.33. The maximum Gasteiger partial charge on any atom is 0.318 e. The Morgan fingerprint density at radius 3 is 2.62 bits per heavy atom. The molecule has 72 valence electrons. The van der Waals surface area contributed by atoms with E-state index in [4.69, 9.17) is 10.2 Å².